The molecule has 30 heavy (non-hydrogen) atoms. The molecule has 5 aromatic rings. The van der Waals surface area contributed by atoms with Gasteiger partial charge in [0, 0.05) is 20.9 Å². The molecular weight excluding hydrogens is 400 g/mol. The molecular formula is C28H20S2. The molecule has 0 spiro atoms. The lowest BCUT2D eigenvalue weighted by atomic mass is 9.94. The molecule has 0 amide bonds. The highest BCUT2D eigenvalue weighted by Gasteiger charge is 2.25. The Hall–Kier alpha value is -2.68. The average Bonchev–Trinajstić information content (AvgIpc) is 2.96. The summed E-state index contributed by atoms with van der Waals surface area (Å²) < 4.78 is 0.440. The highest BCUT2D eigenvalue weighted by Crippen LogP contribution is 2.52. The molecule has 0 atom stereocenters. The van der Waals surface area contributed by atoms with Gasteiger partial charge in [-0.1, -0.05) is 91.0 Å². The number of benzene rings is 5. The molecule has 0 nitrogen and oxygen atoms in total. The summed E-state index contributed by atoms with van der Waals surface area (Å²) in [4.78, 5) is 2.77. The van der Waals surface area contributed by atoms with E-state index < -0.39 is 0 Å². The van der Waals surface area contributed by atoms with Crippen molar-refractivity contribution in [1.29, 1.82) is 0 Å². The highest BCUT2D eigenvalue weighted by molar-refractivity contribution is 8.17. The van der Waals surface area contributed by atoms with Gasteiger partial charge in [0.25, 0.3) is 0 Å². The smallest absolute Gasteiger partial charge is 0.0637 e. The Morgan fingerprint density at radius 1 is 0.500 bits per heavy atom. The van der Waals surface area contributed by atoms with Crippen LogP contribution in [0.5, 0.6) is 0 Å². The summed E-state index contributed by atoms with van der Waals surface area (Å²) in [5, 5.41) is 5.31. The van der Waals surface area contributed by atoms with E-state index in [4.69, 9.17) is 0 Å². The molecule has 0 saturated carbocycles. The van der Waals surface area contributed by atoms with E-state index in [-0.39, 0.29) is 0 Å². The zero-order valence-corrected chi connectivity index (χ0v) is 18.0. The molecule has 0 aliphatic carbocycles. The molecule has 0 N–H and O–H groups in total. The van der Waals surface area contributed by atoms with Crippen molar-refractivity contribution in [3.05, 3.63) is 109 Å². The van der Waals surface area contributed by atoms with Crippen LogP contribution in [-0.4, -0.2) is 4.58 Å². The van der Waals surface area contributed by atoms with E-state index in [2.05, 4.69) is 103 Å². The third kappa shape index (κ3) is 3.12. The first-order valence-electron chi connectivity index (χ1n) is 10.3. The van der Waals surface area contributed by atoms with Crippen LogP contribution in [0.4, 0.5) is 0 Å². The van der Waals surface area contributed by atoms with E-state index in [0.29, 0.717) is 4.58 Å². The lowest BCUT2D eigenvalue weighted by molar-refractivity contribution is 1.10. The number of hydrogen-bond acceptors (Lipinski definition) is 2. The van der Waals surface area contributed by atoms with Gasteiger partial charge in [0.1, 0.15) is 0 Å². The molecule has 0 radical (unpaired) electrons. The second-order valence-electron chi connectivity index (χ2n) is 7.67. The average molecular weight is 421 g/mol. The molecule has 0 saturated heterocycles. The molecule has 1 heterocycles. The molecule has 144 valence electrons. The summed E-state index contributed by atoms with van der Waals surface area (Å²) in [7, 11) is 0. The minimum Gasteiger partial charge on any atom is -0.110 e. The lowest BCUT2D eigenvalue weighted by Gasteiger charge is -2.15. The number of rotatable bonds is 2. The molecule has 5 aromatic carbocycles. The van der Waals surface area contributed by atoms with Crippen molar-refractivity contribution in [1.82, 2.24) is 0 Å². The normalized spacial score (nSPS) is 13.7. The van der Waals surface area contributed by atoms with Gasteiger partial charge in [-0.25, -0.2) is 0 Å². The van der Waals surface area contributed by atoms with E-state index in [1.807, 2.05) is 23.5 Å². The quantitative estimate of drug-likeness (QED) is 0.281. The van der Waals surface area contributed by atoms with E-state index in [1.165, 1.54) is 48.0 Å². The Labute approximate surface area is 185 Å². The Kier molecular flexibility index (Phi) is 4.55. The summed E-state index contributed by atoms with van der Waals surface area (Å²) in [5.74, 6) is 0. The number of thioether (sulfide) groups is 2. The minimum absolute atomic E-state index is 0.440. The van der Waals surface area contributed by atoms with Gasteiger partial charge in [-0.15, -0.1) is 23.5 Å². The summed E-state index contributed by atoms with van der Waals surface area (Å²) in [6.45, 7) is 0. The SMILES string of the molecule is c1ccc(CC2Sc3ccc4ccccc4c3-c3c(ccc4ccccc34)S2)cc1. The van der Waals surface area contributed by atoms with Crippen LogP contribution in [-0.2, 0) is 6.42 Å². The number of fused-ring (bicyclic) bond motifs is 7. The van der Waals surface area contributed by atoms with Crippen LogP contribution < -0.4 is 0 Å². The fraction of sp³-hybridized carbons (Fsp3) is 0.0714. The predicted molar refractivity (Wildman–Crippen MR) is 133 cm³/mol. The molecule has 0 fully saturated rings. The Balaban J connectivity index is 1.62. The monoisotopic (exact) mass is 420 g/mol. The zero-order chi connectivity index (χ0) is 19.9. The molecule has 0 aromatic heterocycles. The van der Waals surface area contributed by atoms with Crippen molar-refractivity contribution in [3.63, 3.8) is 0 Å². The Morgan fingerprint density at radius 3 is 1.57 bits per heavy atom. The summed E-state index contributed by atoms with van der Waals surface area (Å²) in [6.07, 6.45) is 1.05. The number of hydrogen-bond donors (Lipinski definition) is 0. The molecule has 1 aliphatic heterocycles. The van der Waals surface area contributed by atoms with E-state index in [0.717, 1.165) is 6.42 Å². The predicted octanol–water partition coefficient (Wildman–Crippen LogP) is 8.43. The molecule has 1 aliphatic rings. The first-order chi connectivity index (χ1) is 14.9. The second-order valence-corrected chi connectivity index (χ2v) is 10.5. The Bertz CT molecular complexity index is 1280. The maximum Gasteiger partial charge on any atom is 0.0637 e. The Morgan fingerprint density at radius 2 is 1.00 bits per heavy atom. The first kappa shape index (κ1) is 18.1. The van der Waals surface area contributed by atoms with Crippen molar-refractivity contribution in [2.24, 2.45) is 0 Å². The zero-order valence-electron chi connectivity index (χ0n) is 16.4. The van der Waals surface area contributed by atoms with Gasteiger partial charge < -0.3 is 0 Å². The van der Waals surface area contributed by atoms with Gasteiger partial charge in [-0.05, 0) is 45.7 Å². The van der Waals surface area contributed by atoms with Crippen LogP contribution in [0.1, 0.15) is 5.56 Å². The van der Waals surface area contributed by atoms with Gasteiger partial charge in [0.2, 0.25) is 0 Å². The van der Waals surface area contributed by atoms with Crippen molar-refractivity contribution < 1.29 is 0 Å². The fourth-order valence-corrected chi connectivity index (χ4v) is 7.30. The molecule has 0 unspecified atom stereocenters. The van der Waals surface area contributed by atoms with Gasteiger partial charge >= 0.3 is 0 Å². The van der Waals surface area contributed by atoms with Crippen LogP contribution in [0.15, 0.2) is 113 Å². The summed E-state index contributed by atoms with van der Waals surface area (Å²) in [5.41, 5.74) is 4.19. The lowest BCUT2D eigenvalue weighted by Crippen LogP contribution is -2.01. The van der Waals surface area contributed by atoms with Crippen molar-refractivity contribution >= 4 is 45.1 Å². The second kappa shape index (κ2) is 7.54. The molecule has 6 rings (SSSR count). The van der Waals surface area contributed by atoms with E-state index in [9.17, 15) is 0 Å². The maximum atomic E-state index is 2.33. The van der Waals surface area contributed by atoms with Crippen LogP contribution >= 0.6 is 23.5 Å². The van der Waals surface area contributed by atoms with Crippen molar-refractivity contribution in [2.45, 2.75) is 20.8 Å². The standard InChI is InChI=1S/C28H20S2/c1-2-8-19(9-3-1)18-26-29-24-16-14-20-10-4-6-12-22(20)27(24)28-23-13-7-5-11-21(23)15-17-25(28)30-26/h1-17,26H,18H2. The third-order valence-electron chi connectivity index (χ3n) is 5.79. The van der Waals surface area contributed by atoms with Crippen LogP contribution in [0.25, 0.3) is 32.7 Å². The van der Waals surface area contributed by atoms with Crippen LogP contribution in [0, 0.1) is 0 Å². The van der Waals surface area contributed by atoms with Crippen molar-refractivity contribution in [2.75, 3.05) is 0 Å². The van der Waals surface area contributed by atoms with Gasteiger partial charge in [-0.3, -0.25) is 0 Å². The van der Waals surface area contributed by atoms with Gasteiger partial charge in [0.05, 0.1) is 4.58 Å². The van der Waals surface area contributed by atoms with Crippen molar-refractivity contribution in [3.8, 4) is 11.1 Å². The van der Waals surface area contributed by atoms with Gasteiger partial charge in [-0.2, -0.15) is 0 Å². The van der Waals surface area contributed by atoms with Gasteiger partial charge in [0.15, 0.2) is 0 Å². The third-order valence-corrected chi connectivity index (χ3v) is 8.42. The fourth-order valence-electron chi connectivity index (χ4n) is 4.41. The summed E-state index contributed by atoms with van der Waals surface area (Å²) in [6, 6.07) is 37.7. The van der Waals surface area contributed by atoms with E-state index in [1.54, 1.807) is 0 Å². The largest absolute Gasteiger partial charge is 0.110 e. The minimum atomic E-state index is 0.440. The van der Waals surface area contributed by atoms with Crippen LogP contribution in [0.3, 0.4) is 0 Å². The summed E-state index contributed by atoms with van der Waals surface area (Å²) >= 11 is 4.03. The maximum absolute atomic E-state index is 2.33. The molecule has 2 heteroatoms. The topological polar surface area (TPSA) is 0 Å². The highest BCUT2D eigenvalue weighted by atomic mass is 32.2. The molecule has 0 bridgehead atoms. The van der Waals surface area contributed by atoms with E-state index >= 15 is 0 Å². The van der Waals surface area contributed by atoms with Crippen LogP contribution in [0.2, 0.25) is 0 Å². The first-order valence-corrected chi connectivity index (χ1v) is 12.0.